The van der Waals surface area contributed by atoms with Gasteiger partial charge in [0.15, 0.2) is 0 Å². The molecule has 2 aromatic rings. The molecular formula is C24H30FNO3. The van der Waals surface area contributed by atoms with Crippen molar-refractivity contribution in [3.05, 3.63) is 71.0 Å². The van der Waals surface area contributed by atoms with Gasteiger partial charge in [0.1, 0.15) is 18.0 Å². The fraction of sp³-hybridized carbons (Fsp3) is 0.417. The van der Waals surface area contributed by atoms with Crippen molar-refractivity contribution in [2.75, 3.05) is 0 Å². The fourth-order valence-corrected chi connectivity index (χ4v) is 2.89. The van der Waals surface area contributed by atoms with E-state index in [1.807, 2.05) is 26.0 Å². The van der Waals surface area contributed by atoms with Gasteiger partial charge in [-0.2, -0.15) is 0 Å². The summed E-state index contributed by atoms with van der Waals surface area (Å²) in [5.41, 5.74) is 2.30. The molecule has 0 aromatic heterocycles. The van der Waals surface area contributed by atoms with Crippen LogP contribution < -0.4 is 5.32 Å². The summed E-state index contributed by atoms with van der Waals surface area (Å²) in [6.07, 6.45) is -0.549. The van der Waals surface area contributed by atoms with E-state index in [1.165, 1.54) is 12.1 Å². The minimum absolute atomic E-state index is 0.00419. The molecule has 0 radical (unpaired) electrons. The van der Waals surface area contributed by atoms with E-state index in [-0.39, 0.29) is 23.1 Å². The Balaban J connectivity index is 2.07. The number of carbonyl (C=O) groups excluding carboxylic acids is 2. The Kier molecular flexibility index (Phi) is 7.17. The Morgan fingerprint density at radius 3 is 1.97 bits per heavy atom. The molecule has 2 rings (SSSR count). The zero-order valence-corrected chi connectivity index (χ0v) is 18.0. The van der Waals surface area contributed by atoms with Crippen molar-refractivity contribution >= 4 is 11.9 Å². The van der Waals surface area contributed by atoms with Crippen LogP contribution in [-0.2, 0) is 14.9 Å². The molecule has 0 aliphatic heterocycles. The van der Waals surface area contributed by atoms with E-state index >= 15 is 0 Å². The van der Waals surface area contributed by atoms with Crippen LogP contribution in [0.1, 0.15) is 69.1 Å². The van der Waals surface area contributed by atoms with Gasteiger partial charge in [0, 0.05) is 5.56 Å². The zero-order chi connectivity index (χ0) is 21.8. The lowest BCUT2D eigenvalue weighted by atomic mass is 9.86. The third kappa shape index (κ3) is 6.14. The van der Waals surface area contributed by atoms with Crippen molar-refractivity contribution in [1.29, 1.82) is 0 Å². The number of carbonyl (C=O) groups is 2. The summed E-state index contributed by atoms with van der Waals surface area (Å²) in [6, 6.07) is 12.4. The molecule has 1 amide bonds. The molecule has 29 heavy (non-hydrogen) atoms. The highest BCUT2D eigenvalue weighted by molar-refractivity contribution is 5.96. The normalized spacial score (nSPS) is 13.7. The van der Waals surface area contributed by atoms with Crippen LogP contribution >= 0.6 is 0 Å². The molecular weight excluding hydrogens is 369 g/mol. The average Bonchev–Trinajstić information content (AvgIpc) is 2.65. The number of hydrogen-bond donors (Lipinski definition) is 1. The van der Waals surface area contributed by atoms with Crippen LogP contribution in [0.4, 0.5) is 4.39 Å². The first kappa shape index (κ1) is 22.6. The van der Waals surface area contributed by atoms with E-state index in [0.717, 1.165) is 5.56 Å². The number of rotatable bonds is 6. The minimum atomic E-state index is -0.785. The first-order chi connectivity index (χ1) is 13.5. The van der Waals surface area contributed by atoms with Gasteiger partial charge >= 0.3 is 5.97 Å². The van der Waals surface area contributed by atoms with Gasteiger partial charge in [-0.05, 0) is 53.6 Å². The molecule has 0 aliphatic rings. The van der Waals surface area contributed by atoms with E-state index in [9.17, 15) is 14.0 Å². The number of ether oxygens (including phenoxy) is 1. The maximum atomic E-state index is 13.1. The molecule has 0 heterocycles. The van der Waals surface area contributed by atoms with E-state index < -0.39 is 18.1 Å². The first-order valence-corrected chi connectivity index (χ1v) is 9.86. The highest BCUT2D eigenvalue weighted by Crippen LogP contribution is 2.23. The van der Waals surface area contributed by atoms with E-state index in [4.69, 9.17) is 4.74 Å². The van der Waals surface area contributed by atoms with Crippen molar-refractivity contribution in [2.45, 2.75) is 59.1 Å². The third-order valence-electron chi connectivity index (χ3n) is 4.85. The van der Waals surface area contributed by atoms with Gasteiger partial charge in [-0.1, -0.05) is 58.9 Å². The lowest BCUT2D eigenvalue weighted by molar-refractivity contribution is -0.152. The van der Waals surface area contributed by atoms with Gasteiger partial charge in [-0.15, -0.1) is 0 Å². The lowest BCUT2D eigenvalue weighted by Gasteiger charge is -2.24. The second kappa shape index (κ2) is 9.21. The summed E-state index contributed by atoms with van der Waals surface area (Å²) in [4.78, 5) is 25.3. The van der Waals surface area contributed by atoms with E-state index in [0.29, 0.717) is 11.1 Å². The molecule has 2 aromatic carbocycles. The highest BCUT2D eigenvalue weighted by Gasteiger charge is 2.28. The van der Waals surface area contributed by atoms with Gasteiger partial charge < -0.3 is 10.1 Å². The number of esters is 1. The molecule has 5 heteroatoms. The molecule has 2 atom stereocenters. The Bertz CT molecular complexity index is 836. The van der Waals surface area contributed by atoms with Crippen LogP contribution in [0, 0.1) is 11.7 Å². The number of halogens is 1. The first-order valence-electron chi connectivity index (χ1n) is 9.86. The van der Waals surface area contributed by atoms with E-state index in [1.54, 1.807) is 31.2 Å². The smallest absolute Gasteiger partial charge is 0.329 e. The second-order valence-corrected chi connectivity index (χ2v) is 8.65. The highest BCUT2D eigenvalue weighted by atomic mass is 19.1. The Morgan fingerprint density at radius 2 is 1.48 bits per heavy atom. The molecule has 1 N–H and O–H groups in total. The van der Waals surface area contributed by atoms with Crippen molar-refractivity contribution in [1.82, 2.24) is 5.32 Å². The number of benzene rings is 2. The van der Waals surface area contributed by atoms with Crippen molar-refractivity contribution in [3.63, 3.8) is 0 Å². The molecule has 0 bridgehead atoms. The number of amides is 1. The Morgan fingerprint density at radius 1 is 0.931 bits per heavy atom. The van der Waals surface area contributed by atoms with Gasteiger partial charge in [-0.25, -0.2) is 9.18 Å². The summed E-state index contributed by atoms with van der Waals surface area (Å²) in [7, 11) is 0. The van der Waals surface area contributed by atoms with Crippen LogP contribution in [0.25, 0.3) is 0 Å². The van der Waals surface area contributed by atoms with Crippen LogP contribution in [0.5, 0.6) is 0 Å². The Hall–Kier alpha value is -2.69. The van der Waals surface area contributed by atoms with Crippen LogP contribution in [-0.4, -0.2) is 17.9 Å². The van der Waals surface area contributed by atoms with Crippen LogP contribution in [0.15, 0.2) is 48.5 Å². The monoisotopic (exact) mass is 399 g/mol. The zero-order valence-electron chi connectivity index (χ0n) is 18.0. The SMILES string of the molecule is CC(C)[C@H](NC(=O)c1ccc(C(C)(C)C)cc1)C(=O)O[C@@H](C)c1ccc(F)cc1. The average molecular weight is 400 g/mol. The molecule has 0 unspecified atom stereocenters. The fourth-order valence-electron chi connectivity index (χ4n) is 2.89. The van der Waals surface area contributed by atoms with Gasteiger partial charge in [-0.3, -0.25) is 4.79 Å². The van der Waals surface area contributed by atoms with Crippen LogP contribution in [0.2, 0.25) is 0 Å². The molecule has 0 saturated heterocycles. The quantitative estimate of drug-likeness (QED) is 0.681. The lowest BCUT2D eigenvalue weighted by Crippen LogP contribution is -2.45. The number of nitrogens with one attached hydrogen (secondary N) is 1. The summed E-state index contributed by atoms with van der Waals surface area (Å²) in [5.74, 6) is -1.34. The minimum Gasteiger partial charge on any atom is -0.456 e. The molecule has 156 valence electrons. The second-order valence-electron chi connectivity index (χ2n) is 8.65. The largest absolute Gasteiger partial charge is 0.456 e. The third-order valence-corrected chi connectivity index (χ3v) is 4.85. The number of hydrogen-bond acceptors (Lipinski definition) is 3. The van der Waals surface area contributed by atoms with Crippen molar-refractivity contribution < 1.29 is 18.7 Å². The summed E-state index contributed by atoms with van der Waals surface area (Å²) in [5, 5.41) is 2.78. The van der Waals surface area contributed by atoms with Crippen molar-refractivity contribution in [3.8, 4) is 0 Å². The maximum Gasteiger partial charge on any atom is 0.329 e. The van der Waals surface area contributed by atoms with Gasteiger partial charge in [0.05, 0.1) is 0 Å². The Labute approximate surface area is 172 Å². The summed E-state index contributed by atoms with van der Waals surface area (Å²) < 4.78 is 18.6. The molecule has 0 fully saturated rings. The standard InChI is InChI=1S/C24H30FNO3/c1-15(2)21(23(28)29-16(3)17-9-13-20(25)14-10-17)26-22(27)18-7-11-19(12-8-18)24(4,5)6/h7-16,21H,1-6H3,(H,26,27)/t16-,21-/m0/s1. The molecule has 0 saturated carbocycles. The summed E-state index contributed by atoms with van der Waals surface area (Å²) >= 11 is 0. The van der Waals surface area contributed by atoms with Crippen molar-refractivity contribution in [2.24, 2.45) is 5.92 Å². The predicted molar refractivity (Wildman–Crippen MR) is 112 cm³/mol. The van der Waals surface area contributed by atoms with Gasteiger partial charge in [0.2, 0.25) is 0 Å². The molecule has 4 nitrogen and oxygen atoms in total. The van der Waals surface area contributed by atoms with E-state index in [2.05, 4.69) is 26.1 Å². The maximum absolute atomic E-state index is 13.1. The van der Waals surface area contributed by atoms with Crippen LogP contribution in [0.3, 0.4) is 0 Å². The molecule has 0 aliphatic carbocycles. The predicted octanol–water partition coefficient (Wildman–Crippen LogP) is 5.18. The molecule has 0 spiro atoms. The van der Waals surface area contributed by atoms with Gasteiger partial charge in [0.25, 0.3) is 5.91 Å². The summed E-state index contributed by atoms with van der Waals surface area (Å²) in [6.45, 7) is 11.7. The topological polar surface area (TPSA) is 55.4 Å².